The molecule has 2 aromatic heterocycles. The smallest absolute Gasteiger partial charge is 0.156 e. The molecule has 0 aliphatic heterocycles. The first kappa shape index (κ1) is 8.51. The van der Waals surface area contributed by atoms with E-state index >= 15 is 0 Å². The average Bonchev–Trinajstić information content (AvgIpc) is 2.49. The Hall–Kier alpha value is -1.09. The highest BCUT2D eigenvalue weighted by molar-refractivity contribution is 6.33. The van der Waals surface area contributed by atoms with Gasteiger partial charge in [0.05, 0.1) is 5.52 Å². The summed E-state index contributed by atoms with van der Waals surface area (Å²) in [7, 11) is 0. The summed E-state index contributed by atoms with van der Waals surface area (Å²) in [6, 6.07) is 1.88. The summed E-state index contributed by atoms with van der Waals surface area (Å²) in [5.74, 6) is 1.33. The summed E-state index contributed by atoms with van der Waals surface area (Å²) in [5, 5.41) is 0.459. The monoisotopic (exact) mass is 195 g/mol. The molecule has 0 amide bonds. The van der Waals surface area contributed by atoms with Crippen molar-refractivity contribution in [2.45, 2.75) is 19.8 Å². The lowest BCUT2D eigenvalue weighted by Crippen LogP contribution is -1.88. The zero-order chi connectivity index (χ0) is 9.42. The third-order valence-electron chi connectivity index (χ3n) is 1.92. The van der Waals surface area contributed by atoms with Gasteiger partial charge in [0.15, 0.2) is 5.15 Å². The third-order valence-corrected chi connectivity index (χ3v) is 2.20. The first-order valence-corrected chi connectivity index (χ1v) is 4.56. The van der Waals surface area contributed by atoms with Crippen molar-refractivity contribution in [2.75, 3.05) is 0 Å². The van der Waals surface area contributed by atoms with Gasteiger partial charge >= 0.3 is 0 Å². The molecule has 0 saturated heterocycles. The van der Waals surface area contributed by atoms with Gasteiger partial charge in [-0.05, 0) is 6.07 Å². The molecule has 0 aromatic carbocycles. The van der Waals surface area contributed by atoms with E-state index < -0.39 is 0 Å². The number of aromatic amines is 1. The van der Waals surface area contributed by atoms with Crippen molar-refractivity contribution in [1.29, 1.82) is 0 Å². The lowest BCUT2D eigenvalue weighted by molar-refractivity contribution is 0.799. The third kappa shape index (κ3) is 1.40. The number of rotatable bonds is 1. The predicted molar refractivity (Wildman–Crippen MR) is 53.0 cm³/mol. The molecule has 0 atom stereocenters. The maximum Gasteiger partial charge on any atom is 0.156 e. The molecule has 0 spiro atoms. The highest BCUT2D eigenvalue weighted by atomic mass is 35.5. The van der Waals surface area contributed by atoms with Crippen LogP contribution in [-0.4, -0.2) is 15.0 Å². The molecular weight excluding hydrogens is 186 g/mol. The number of hydrogen-bond donors (Lipinski definition) is 1. The van der Waals surface area contributed by atoms with Crippen molar-refractivity contribution in [2.24, 2.45) is 0 Å². The molecule has 2 rings (SSSR count). The van der Waals surface area contributed by atoms with Crippen molar-refractivity contribution < 1.29 is 0 Å². The molecule has 0 unspecified atom stereocenters. The van der Waals surface area contributed by atoms with Gasteiger partial charge in [-0.3, -0.25) is 0 Å². The number of nitrogens with zero attached hydrogens (tertiary/aromatic N) is 2. The van der Waals surface area contributed by atoms with Crippen LogP contribution in [0.25, 0.3) is 11.0 Å². The highest BCUT2D eigenvalue weighted by Crippen LogP contribution is 2.21. The summed E-state index contributed by atoms with van der Waals surface area (Å²) < 4.78 is 0. The standard InChI is InChI=1S/C9H10ClN3/c1-5(2)9-12-6-3-4-11-8(10)7(6)13-9/h3-5H,1-2H3,(H,12,13). The molecule has 0 bridgehead atoms. The van der Waals surface area contributed by atoms with Crippen molar-refractivity contribution >= 4 is 22.6 Å². The zero-order valence-corrected chi connectivity index (χ0v) is 8.26. The van der Waals surface area contributed by atoms with E-state index in [2.05, 4.69) is 28.8 Å². The van der Waals surface area contributed by atoms with Gasteiger partial charge in [0, 0.05) is 12.1 Å². The van der Waals surface area contributed by atoms with Crippen LogP contribution >= 0.6 is 11.6 Å². The minimum absolute atomic E-state index is 0.378. The van der Waals surface area contributed by atoms with E-state index in [9.17, 15) is 0 Å². The summed E-state index contributed by atoms with van der Waals surface area (Å²) in [5.41, 5.74) is 1.71. The van der Waals surface area contributed by atoms with Crippen LogP contribution in [0.5, 0.6) is 0 Å². The van der Waals surface area contributed by atoms with Crippen molar-refractivity contribution in [3.8, 4) is 0 Å². The van der Waals surface area contributed by atoms with Gasteiger partial charge in [0.1, 0.15) is 11.3 Å². The Morgan fingerprint density at radius 2 is 2.23 bits per heavy atom. The lowest BCUT2D eigenvalue weighted by Gasteiger charge is -1.95. The number of halogens is 1. The van der Waals surface area contributed by atoms with E-state index in [0.29, 0.717) is 11.1 Å². The van der Waals surface area contributed by atoms with Gasteiger partial charge in [-0.15, -0.1) is 0 Å². The fraction of sp³-hybridized carbons (Fsp3) is 0.333. The second-order valence-electron chi connectivity index (χ2n) is 3.27. The van der Waals surface area contributed by atoms with Crippen LogP contribution in [0.15, 0.2) is 12.3 Å². The Bertz CT molecular complexity index is 433. The summed E-state index contributed by atoms with van der Waals surface area (Å²) >= 11 is 5.88. The highest BCUT2D eigenvalue weighted by Gasteiger charge is 2.08. The predicted octanol–water partition coefficient (Wildman–Crippen LogP) is 2.73. The van der Waals surface area contributed by atoms with Crippen LogP contribution in [0.1, 0.15) is 25.6 Å². The van der Waals surface area contributed by atoms with E-state index in [0.717, 1.165) is 16.9 Å². The number of aromatic nitrogens is 3. The minimum atomic E-state index is 0.378. The summed E-state index contributed by atoms with van der Waals surface area (Å²) in [4.78, 5) is 11.5. The Kier molecular flexibility index (Phi) is 1.96. The number of nitrogens with one attached hydrogen (secondary N) is 1. The normalized spacial score (nSPS) is 11.4. The van der Waals surface area contributed by atoms with Gasteiger partial charge in [-0.25, -0.2) is 9.97 Å². The Labute approximate surface area is 81.2 Å². The molecule has 0 radical (unpaired) electrons. The van der Waals surface area contributed by atoms with E-state index in [-0.39, 0.29) is 0 Å². The van der Waals surface area contributed by atoms with E-state index in [4.69, 9.17) is 11.6 Å². The molecule has 3 nitrogen and oxygen atoms in total. The van der Waals surface area contributed by atoms with Crippen LogP contribution in [0.3, 0.4) is 0 Å². The van der Waals surface area contributed by atoms with Crippen LogP contribution < -0.4 is 0 Å². The van der Waals surface area contributed by atoms with E-state index in [1.807, 2.05) is 6.07 Å². The summed E-state index contributed by atoms with van der Waals surface area (Å²) in [6.07, 6.45) is 1.67. The van der Waals surface area contributed by atoms with Crippen LogP contribution in [0.2, 0.25) is 5.15 Å². The summed E-state index contributed by atoms with van der Waals surface area (Å²) in [6.45, 7) is 4.16. The van der Waals surface area contributed by atoms with Gasteiger partial charge in [0.25, 0.3) is 0 Å². The number of imidazole rings is 1. The SMILES string of the molecule is CC(C)c1nc2c(Cl)nccc2[nH]1. The van der Waals surface area contributed by atoms with Crippen molar-refractivity contribution in [3.63, 3.8) is 0 Å². The molecule has 68 valence electrons. The molecule has 2 aromatic rings. The van der Waals surface area contributed by atoms with E-state index in [1.165, 1.54) is 0 Å². The minimum Gasteiger partial charge on any atom is -0.342 e. The number of H-pyrrole nitrogens is 1. The molecule has 2 heterocycles. The number of hydrogen-bond acceptors (Lipinski definition) is 2. The maximum atomic E-state index is 5.88. The topological polar surface area (TPSA) is 41.6 Å². The van der Waals surface area contributed by atoms with Gasteiger partial charge in [-0.1, -0.05) is 25.4 Å². The Balaban J connectivity index is 2.68. The molecule has 0 fully saturated rings. The lowest BCUT2D eigenvalue weighted by atomic mass is 10.2. The number of pyridine rings is 1. The van der Waals surface area contributed by atoms with Crippen LogP contribution in [0, 0.1) is 0 Å². The quantitative estimate of drug-likeness (QED) is 0.711. The molecule has 4 heteroatoms. The Morgan fingerprint density at radius 3 is 2.85 bits per heavy atom. The van der Waals surface area contributed by atoms with Gasteiger partial charge in [0.2, 0.25) is 0 Å². The molecule has 0 aliphatic carbocycles. The van der Waals surface area contributed by atoms with Crippen molar-refractivity contribution in [1.82, 2.24) is 15.0 Å². The van der Waals surface area contributed by atoms with Crippen LogP contribution in [-0.2, 0) is 0 Å². The van der Waals surface area contributed by atoms with Gasteiger partial charge < -0.3 is 4.98 Å². The second-order valence-corrected chi connectivity index (χ2v) is 3.63. The fourth-order valence-corrected chi connectivity index (χ4v) is 1.40. The van der Waals surface area contributed by atoms with Crippen molar-refractivity contribution in [3.05, 3.63) is 23.2 Å². The average molecular weight is 196 g/mol. The second kappa shape index (κ2) is 3.00. The largest absolute Gasteiger partial charge is 0.342 e. The Morgan fingerprint density at radius 1 is 1.46 bits per heavy atom. The fourth-order valence-electron chi connectivity index (χ4n) is 1.20. The first-order chi connectivity index (χ1) is 6.18. The molecule has 13 heavy (non-hydrogen) atoms. The number of fused-ring (bicyclic) bond motifs is 1. The van der Waals surface area contributed by atoms with Gasteiger partial charge in [-0.2, -0.15) is 0 Å². The maximum absolute atomic E-state index is 5.88. The molecule has 1 N–H and O–H groups in total. The van der Waals surface area contributed by atoms with E-state index in [1.54, 1.807) is 6.20 Å². The van der Waals surface area contributed by atoms with Crippen LogP contribution in [0.4, 0.5) is 0 Å². The zero-order valence-electron chi connectivity index (χ0n) is 7.50. The first-order valence-electron chi connectivity index (χ1n) is 4.18. The molecule has 0 saturated carbocycles. The molecule has 0 aliphatic rings. The molecular formula is C9H10ClN3.